The van der Waals surface area contributed by atoms with Gasteiger partial charge in [0.25, 0.3) is 0 Å². The van der Waals surface area contributed by atoms with E-state index in [1.54, 1.807) is 0 Å². The van der Waals surface area contributed by atoms with Gasteiger partial charge in [-0.1, -0.05) is 152 Å². The third kappa shape index (κ3) is 6.07. The van der Waals surface area contributed by atoms with Gasteiger partial charge in [-0.25, -0.2) is 15.0 Å². The van der Waals surface area contributed by atoms with Crippen LogP contribution in [-0.2, 0) is 0 Å². The molecule has 0 aliphatic carbocycles. The Kier molecular flexibility index (Phi) is 8.42. The molecule has 0 unspecified atom stereocenters. The van der Waals surface area contributed by atoms with E-state index < -0.39 is 0 Å². The van der Waals surface area contributed by atoms with E-state index in [9.17, 15) is 0 Å². The van der Waals surface area contributed by atoms with Crippen molar-refractivity contribution in [1.29, 1.82) is 0 Å². The van der Waals surface area contributed by atoms with Gasteiger partial charge in [0.2, 0.25) is 0 Å². The Morgan fingerprint density at radius 1 is 0.292 bits per heavy atom. The molecule has 0 N–H and O–H groups in total. The molecule has 0 aliphatic rings. The molecule has 4 heterocycles. The summed E-state index contributed by atoms with van der Waals surface area (Å²) in [7, 11) is 0. The molecule has 0 spiro atoms. The van der Waals surface area contributed by atoms with Gasteiger partial charge in [0.05, 0.1) is 27.6 Å². The molecule has 0 bridgehead atoms. The van der Waals surface area contributed by atoms with Crippen LogP contribution in [0.15, 0.2) is 231 Å². The third-order valence-electron chi connectivity index (χ3n) is 12.7. The van der Waals surface area contributed by atoms with E-state index in [0.29, 0.717) is 17.5 Å². The zero-order chi connectivity index (χ0) is 42.8. The molecule has 13 aromatic rings. The van der Waals surface area contributed by atoms with Crippen molar-refractivity contribution in [1.82, 2.24) is 28.7 Å². The lowest BCUT2D eigenvalue weighted by molar-refractivity contribution is 1.07. The highest BCUT2D eigenvalue weighted by atomic mass is 15.0. The van der Waals surface area contributed by atoms with Crippen molar-refractivity contribution < 1.29 is 0 Å². The van der Waals surface area contributed by atoms with Crippen LogP contribution in [0.3, 0.4) is 0 Å². The van der Waals surface area contributed by atoms with Crippen LogP contribution in [-0.4, -0.2) is 28.7 Å². The number of nitrogens with zero attached hydrogens (tertiary/aromatic N) is 6. The van der Waals surface area contributed by atoms with Crippen molar-refractivity contribution in [2.75, 3.05) is 0 Å². The quantitative estimate of drug-likeness (QED) is 0.161. The second-order valence-corrected chi connectivity index (χ2v) is 16.5. The van der Waals surface area contributed by atoms with Crippen molar-refractivity contribution in [3.05, 3.63) is 231 Å². The Hall–Kier alpha value is -8.87. The van der Waals surface area contributed by atoms with Crippen LogP contribution >= 0.6 is 0 Å². The first-order valence-corrected chi connectivity index (χ1v) is 21.9. The number of aromatic nitrogens is 6. The number of hydrogen-bond donors (Lipinski definition) is 0. The average Bonchev–Trinajstić information content (AvgIpc) is 4.06. The van der Waals surface area contributed by atoms with Gasteiger partial charge in [-0.2, -0.15) is 0 Å². The molecule has 13 rings (SSSR count). The van der Waals surface area contributed by atoms with Gasteiger partial charge < -0.3 is 13.7 Å². The highest BCUT2D eigenvalue weighted by molar-refractivity contribution is 6.27. The molecule has 4 aromatic heterocycles. The zero-order valence-electron chi connectivity index (χ0n) is 35.1. The molecule has 0 amide bonds. The van der Waals surface area contributed by atoms with Gasteiger partial charge in [0.15, 0.2) is 17.5 Å². The molecule has 9 aromatic carbocycles. The largest absolute Gasteiger partial charge is 0.317 e. The maximum Gasteiger partial charge on any atom is 0.164 e. The Labute approximate surface area is 374 Å². The molecule has 0 aliphatic heterocycles. The van der Waals surface area contributed by atoms with Gasteiger partial charge >= 0.3 is 0 Å². The number of benzene rings is 9. The summed E-state index contributed by atoms with van der Waals surface area (Å²) >= 11 is 0. The summed E-state index contributed by atoms with van der Waals surface area (Å²) in [5, 5.41) is 6.06. The van der Waals surface area contributed by atoms with Crippen molar-refractivity contribution in [2.24, 2.45) is 0 Å². The van der Waals surface area contributed by atoms with Gasteiger partial charge in [0, 0.05) is 66.9 Å². The van der Waals surface area contributed by atoms with Crippen molar-refractivity contribution in [3.8, 4) is 62.4 Å². The monoisotopic (exact) mass is 830 g/mol. The molecule has 0 fully saturated rings. The topological polar surface area (TPSA) is 53.5 Å². The maximum atomic E-state index is 5.02. The van der Waals surface area contributed by atoms with Crippen LogP contribution in [0.25, 0.3) is 117 Å². The number of rotatable bonds is 7. The Morgan fingerprint density at radius 3 is 1.55 bits per heavy atom. The van der Waals surface area contributed by atoms with Crippen LogP contribution in [0.2, 0.25) is 0 Å². The minimum Gasteiger partial charge on any atom is -0.317 e. The summed E-state index contributed by atoms with van der Waals surface area (Å²) in [6.45, 7) is 0. The zero-order valence-corrected chi connectivity index (χ0v) is 35.1. The molecular formula is C59H38N6. The predicted octanol–water partition coefficient (Wildman–Crippen LogP) is 14.7. The van der Waals surface area contributed by atoms with E-state index in [-0.39, 0.29) is 0 Å². The van der Waals surface area contributed by atoms with E-state index in [0.717, 1.165) is 50.4 Å². The first-order chi connectivity index (χ1) is 32.2. The van der Waals surface area contributed by atoms with Crippen LogP contribution in [0, 0.1) is 0 Å². The number of para-hydroxylation sites is 3. The summed E-state index contributed by atoms with van der Waals surface area (Å²) in [6, 6.07) is 79.5. The van der Waals surface area contributed by atoms with Crippen molar-refractivity contribution >= 4 is 54.5 Å². The number of hydrogen-bond acceptors (Lipinski definition) is 3. The Morgan fingerprint density at radius 2 is 0.862 bits per heavy atom. The highest BCUT2D eigenvalue weighted by Gasteiger charge is 2.22. The number of fused-ring (bicyclic) bond motifs is 8. The summed E-state index contributed by atoms with van der Waals surface area (Å²) in [6.07, 6.45) is 2.18. The lowest BCUT2D eigenvalue weighted by Gasteiger charge is -2.12. The molecule has 304 valence electrons. The fourth-order valence-electron chi connectivity index (χ4n) is 9.70. The molecule has 0 saturated carbocycles. The lowest BCUT2D eigenvalue weighted by atomic mass is 10.0. The minimum absolute atomic E-state index is 0.632. The fraction of sp³-hybridized carbons (Fsp3) is 0. The van der Waals surface area contributed by atoms with Gasteiger partial charge in [-0.3, -0.25) is 0 Å². The van der Waals surface area contributed by atoms with E-state index in [2.05, 4.69) is 184 Å². The minimum atomic E-state index is 0.632. The third-order valence-corrected chi connectivity index (χ3v) is 12.7. The highest BCUT2D eigenvalue weighted by Crippen LogP contribution is 2.43. The van der Waals surface area contributed by atoms with E-state index in [4.69, 9.17) is 15.0 Å². The molecule has 6 heteroatoms. The van der Waals surface area contributed by atoms with Crippen molar-refractivity contribution in [2.45, 2.75) is 0 Å². The fourth-order valence-corrected chi connectivity index (χ4v) is 9.70. The van der Waals surface area contributed by atoms with E-state index >= 15 is 0 Å². The summed E-state index contributed by atoms with van der Waals surface area (Å²) in [5.74, 6) is 1.92. The first-order valence-electron chi connectivity index (χ1n) is 21.9. The van der Waals surface area contributed by atoms with Crippen LogP contribution in [0.4, 0.5) is 0 Å². The lowest BCUT2D eigenvalue weighted by Crippen LogP contribution is -2.00. The summed E-state index contributed by atoms with van der Waals surface area (Å²) in [4.78, 5) is 15.0. The van der Waals surface area contributed by atoms with Crippen LogP contribution in [0.1, 0.15) is 0 Å². The van der Waals surface area contributed by atoms with Crippen molar-refractivity contribution in [3.63, 3.8) is 0 Å². The van der Waals surface area contributed by atoms with Crippen LogP contribution in [0.5, 0.6) is 0 Å². The Balaban J connectivity index is 0.995. The van der Waals surface area contributed by atoms with E-state index in [1.807, 2.05) is 60.7 Å². The van der Waals surface area contributed by atoms with Gasteiger partial charge in [-0.15, -0.1) is 0 Å². The molecular weight excluding hydrogens is 793 g/mol. The molecule has 65 heavy (non-hydrogen) atoms. The second kappa shape index (κ2) is 14.9. The second-order valence-electron chi connectivity index (χ2n) is 16.5. The average molecular weight is 831 g/mol. The normalized spacial score (nSPS) is 11.7. The molecule has 6 nitrogen and oxygen atoms in total. The smallest absolute Gasteiger partial charge is 0.164 e. The first kappa shape index (κ1) is 36.8. The standard InChI is InChI=1S/C59H38N6/c1-5-16-40(17-6-1)57-60-58(41-18-7-2-8-19-41)62-59(61-57)44-21-15-20-42(36-44)39-28-30-47(31-29-39)65-54-37-43-34-35-63(45-22-9-3-10-23-45)53(43)38-50(54)48-32-33-52-55(56(48)65)49-26-13-14-27-51(49)64(52)46-24-11-4-12-25-46/h1-38H. The SMILES string of the molecule is c1ccc(-c2nc(-c3ccccc3)nc(-c3cccc(-c4ccc(-n5c6cc7ccn(-c8ccccc8)c7cc6c6ccc7c(c8ccccc8n7-c7ccccc7)c65)cc4)c3)n2)cc1. The van der Waals surface area contributed by atoms with E-state index in [1.165, 1.54) is 49.0 Å². The van der Waals surface area contributed by atoms with Gasteiger partial charge in [-0.05, 0) is 83.9 Å². The molecule has 0 saturated heterocycles. The summed E-state index contributed by atoms with van der Waals surface area (Å²) in [5.41, 5.74) is 14.2. The molecule has 0 atom stereocenters. The predicted molar refractivity (Wildman–Crippen MR) is 267 cm³/mol. The van der Waals surface area contributed by atoms with Crippen LogP contribution < -0.4 is 0 Å². The van der Waals surface area contributed by atoms with Gasteiger partial charge in [0.1, 0.15) is 0 Å². The maximum absolute atomic E-state index is 5.02. The Bertz CT molecular complexity index is 3850. The molecule has 0 radical (unpaired) electrons. The summed E-state index contributed by atoms with van der Waals surface area (Å²) < 4.78 is 7.18.